The van der Waals surface area contributed by atoms with Crippen molar-refractivity contribution in [2.45, 2.75) is 57.4 Å². The van der Waals surface area contributed by atoms with Crippen molar-refractivity contribution >= 4 is 5.97 Å². The van der Waals surface area contributed by atoms with E-state index in [1.54, 1.807) is 0 Å². The summed E-state index contributed by atoms with van der Waals surface area (Å²) in [5.41, 5.74) is 7.31. The number of methoxy groups -OCH3 is 1. The lowest BCUT2D eigenvalue weighted by molar-refractivity contribution is -0.145. The van der Waals surface area contributed by atoms with Gasteiger partial charge in [0.15, 0.2) is 0 Å². The molecule has 3 heteroatoms. The Balaban J connectivity index is 2.12. The molecule has 0 amide bonds. The number of hydrogen-bond donors (Lipinski definition) is 1. The lowest BCUT2D eigenvalue weighted by atomic mass is 9.59. The molecule has 0 saturated heterocycles. The summed E-state index contributed by atoms with van der Waals surface area (Å²) in [4.78, 5) is 11.8. The fourth-order valence-electron chi connectivity index (χ4n) is 3.63. The molecule has 21 heavy (non-hydrogen) atoms. The maximum absolute atomic E-state index is 11.8. The minimum atomic E-state index is -0.372. The van der Waals surface area contributed by atoms with Gasteiger partial charge in [-0.25, -0.2) is 0 Å². The molecular weight excluding hydrogens is 262 g/mol. The first-order valence-corrected chi connectivity index (χ1v) is 7.79. The van der Waals surface area contributed by atoms with E-state index in [-0.39, 0.29) is 16.9 Å². The molecule has 1 aliphatic carbocycles. The van der Waals surface area contributed by atoms with Crippen LogP contribution in [0.15, 0.2) is 30.3 Å². The first kappa shape index (κ1) is 16.0. The molecule has 0 bridgehead atoms. The Morgan fingerprint density at radius 3 is 2.33 bits per heavy atom. The van der Waals surface area contributed by atoms with E-state index in [1.165, 1.54) is 12.7 Å². The van der Waals surface area contributed by atoms with Gasteiger partial charge in [0.2, 0.25) is 0 Å². The fraction of sp³-hybridized carbons (Fsp3) is 0.611. The van der Waals surface area contributed by atoms with Crippen molar-refractivity contribution in [3.05, 3.63) is 35.9 Å². The smallest absolute Gasteiger partial charge is 0.306 e. The third-order valence-electron chi connectivity index (χ3n) is 5.29. The summed E-state index contributed by atoms with van der Waals surface area (Å²) in [5.74, 6) is 0.436. The molecule has 0 radical (unpaired) electrons. The van der Waals surface area contributed by atoms with Crippen LogP contribution in [0.3, 0.4) is 0 Å². The van der Waals surface area contributed by atoms with Crippen LogP contribution in [-0.4, -0.2) is 18.6 Å². The minimum Gasteiger partial charge on any atom is -0.469 e. The van der Waals surface area contributed by atoms with Crippen LogP contribution in [0.5, 0.6) is 0 Å². The summed E-state index contributed by atoms with van der Waals surface area (Å²) in [6.45, 7) is 4.08. The molecule has 1 aromatic rings. The van der Waals surface area contributed by atoms with Gasteiger partial charge in [0, 0.05) is 5.54 Å². The summed E-state index contributed by atoms with van der Waals surface area (Å²) >= 11 is 0. The van der Waals surface area contributed by atoms with E-state index in [0.717, 1.165) is 25.7 Å². The molecule has 0 atom stereocenters. The van der Waals surface area contributed by atoms with E-state index in [4.69, 9.17) is 10.5 Å². The Labute approximate surface area is 127 Å². The molecule has 1 aromatic carbocycles. The van der Waals surface area contributed by atoms with Gasteiger partial charge in [0.25, 0.3) is 0 Å². The predicted molar refractivity (Wildman–Crippen MR) is 85.0 cm³/mol. The highest BCUT2D eigenvalue weighted by atomic mass is 16.5. The maximum Gasteiger partial charge on any atom is 0.306 e. The normalized spacial score (nSPS) is 26.4. The van der Waals surface area contributed by atoms with E-state index < -0.39 is 0 Å². The van der Waals surface area contributed by atoms with Crippen LogP contribution in [0, 0.1) is 5.41 Å². The average molecular weight is 289 g/mol. The molecule has 1 saturated carbocycles. The van der Waals surface area contributed by atoms with Gasteiger partial charge in [-0.2, -0.15) is 0 Å². The van der Waals surface area contributed by atoms with Gasteiger partial charge in [0.05, 0.1) is 13.5 Å². The van der Waals surface area contributed by atoms with Crippen LogP contribution < -0.4 is 5.73 Å². The molecule has 1 fully saturated rings. The van der Waals surface area contributed by atoms with Crippen LogP contribution in [-0.2, 0) is 9.53 Å². The van der Waals surface area contributed by atoms with Crippen molar-refractivity contribution in [3.8, 4) is 0 Å². The Kier molecular flexibility index (Phi) is 4.72. The second-order valence-electron chi connectivity index (χ2n) is 6.94. The Morgan fingerprint density at radius 2 is 1.86 bits per heavy atom. The Bertz CT molecular complexity index is 468. The molecular formula is C18H27NO2. The van der Waals surface area contributed by atoms with Crippen LogP contribution in [0.25, 0.3) is 0 Å². The highest BCUT2D eigenvalue weighted by molar-refractivity contribution is 5.70. The summed E-state index contributed by atoms with van der Waals surface area (Å²) in [5, 5.41) is 0. The van der Waals surface area contributed by atoms with Crippen LogP contribution in [0.1, 0.15) is 57.4 Å². The molecule has 2 rings (SSSR count). The van der Waals surface area contributed by atoms with E-state index in [1.807, 2.05) is 13.8 Å². The van der Waals surface area contributed by atoms with E-state index in [0.29, 0.717) is 12.3 Å². The predicted octanol–water partition coefficient (Wildman–Crippen LogP) is 3.63. The first-order valence-electron chi connectivity index (χ1n) is 7.79. The fourth-order valence-corrected chi connectivity index (χ4v) is 3.63. The summed E-state index contributed by atoms with van der Waals surface area (Å²) in [6.07, 6.45) is 4.55. The third-order valence-corrected chi connectivity index (χ3v) is 5.29. The molecule has 116 valence electrons. The van der Waals surface area contributed by atoms with Gasteiger partial charge in [-0.05, 0) is 56.4 Å². The van der Waals surface area contributed by atoms with Crippen LogP contribution in [0.4, 0.5) is 0 Å². The highest BCUT2D eigenvalue weighted by Crippen LogP contribution is 2.50. The number of carbonyl (C=O) groups is 1. The molecule has 0 unspecified atom stereocenters. The third kappa shape index (κ3) is 3.46. The highest BCUT2D eigenvalue weighted by Gasteiger charge is 2.46. The monoisotopic (exact) mass is 289 g/mol. The first-order chi connectivity index (χ1) is 9.88. The molecule has 0 aliphatic heterocycles. The summed E-state index contributed by atoms with van der Waals surface area (Å²) < 4.78 is 4.89. The van der Waals surface area contributed by atoms with Crippen molar-refractivity contribution in [3.63, 3.8) is 0 Å². The lowest BCUT2D eigenvalue weighted by Gasteiger charge is -2.48. The summed E-state index contributed by atoms with van der Waals surface area (Å²) in [7, 11) is 1.45. The summed E-state index contributed by atoms with van der Waals surface area (Å²) in [6, 6.07) is 10.6. The van der Waals surface area contributed by atoms with E-state index in [9.17, 15) is 4.79 Å². The standard InChI is InChI=1S/C18H27NO2/c1-17(2,19)18(13-16(20)21-3)11-9-15(10-12-18)14-7-5-4-6-8-14/h4-8,15H,9-13,19H2,1-3H3. The molecule has 1 aliphatic rings. The van der Waals surface area contributed by atoms with E-state index >= 15 is 0 Å². The number of benzene rings is 1. The van der Waals surface area contributed by atoms with E-state index in [2.05, 4.69) is 30.3 Å². The van der Waals surface area contributed by atoms with Gasteiger partial charge < -0.3 is 10.5 Å². The van der Waals surface area contributed by atoms with Gasteiger partial charge in [0.1, 0.15) is 0 Å². The number of esters is 1. The molecule has 3 nitrogen and oxygen atoms in total. The molecule has 2 N–H and O–H groups in total. The van der Waals surface area contributed by atoms with Gasteiger partial charge in [-0.15, -0.1) is 0 Å². The van der Waals surface area contributed by atoms with Crippen LogP contribution in [0.2, 0.25) is 0 Å². The van der Waals surface area contributed by atoms with Crippen molar-refractivity contribution in [2.75, 3.05) is 7.11 Å². The van der Waals surface area contributed by atoms with Crippen LogP contribution >= 0.6 is 0 Å². The number of carbonyl (C=O) groups excluding carboxylic acids is 1. The SMILES string of the molecule is COC(=O)CC1(C(C)(C)N)CCC(c2ccccc2)CC1. The lowest BCUT2D eigenvalue weighted by Crippen LogP contribution is -2.53. The average Bonchev–Trinajstić information content (AvgIpc) is 2.47. The Hall–Kier alpha value is -1.35. The zero-order valence-corrected chi connectivity index (χ0v) is 13.4. The number of nitrogens with two attached hydrogens (primary N) is 1. The zero-order valence-electron chi connectivity index (χ0n) is 13.4. The second-order valence-corrected chi connectivity index (χ2v) is 6.94. The molecule has 0 aromatic heterocycles. The molecule has 0 heterocycles. The second kappa shape index (κ2) is 6.18. The maximum atomic E-state index is 11.8. The van der Waals surface area contributed by atoms with Gasteiger partial charge in [-0.1, -0.05) is 30.3 Å². The van der Waals surface area contributed by atoms with Crippen molar-refractivity contribution in [1.29, 1.82) is 0 Å². The zero-order chi connectivity index (χ0) is 15.5. The topological polar surface area (TPSA) is 52.3 Å². The van der Waals surface area contributed by atoms with Crippen molar-refractivity contribution in [1.82, 2.24) is 0 Å². The minimum absolute atomic E-state index is 0.147. The molecule has 0 spiro atoms. The van der Waals surface area contributed by atoms with Crippen molar-refractivity contribution < 1.29 is 9.53 Å². The van der Waals surface area contributed by atoms with Gasteiger partial charge >= 0.3 is 5.97 Å². The number of hydrogen-bond acceptors (Lipinski definition) is 3. The van der Waals surface area contributed by atoms with Gasteiger partial charge in [-0.3, -0.25) is 4.79 Å². The Morgan fingerprint density at radius 1 is 1.29 bits per heavy atom. The van der Waals surface area contributed by atoms with Crippen molar-refractivity contribution in [2.24, 2.45) is 11.1 Å². The largest absolute Gasteiger partial charge is 0.469 e. The number of ether oxygens (including phenoxy) is 1. The number of rotatable bonds is 4. The quantitative estimate of drug-likeness (QED) is 0.861.